The molecule has 0 saturated heterocycles. The summed E-state index contributed by atoms with van der Waals surface area (Å²) < 4.78 is 1.92. The highest BCUT2D eigenvalue weighted by Gasteiger charge is 2.03. The summed E-state index contributed by atoms with van der Waals surface area (Å²) in [5.41, 5.74) is 0.944. The van der Waals surface area contributed by atoms with Crippen LogP contribution in [0.2, 0.25) is 5.02 Å². The number of rotatable bonds is 0. The van der Waals surface area contributed by atoms with Crippen LogP contribution in [-0.4, -0.2) is 9.67 Å². The van der Waals surface area contributed by atoms with E-state index in [1.165, 1.54) is 0 Å². The minimum atomic E-state index is 0.203. The Morgan fingerprint density at radius 3 is 2.92 bits per heavy atom. The van der Waals surface area contributed by atoms with Crippen molar-refractivity contribution in [3.05, 3.63) is 29.4 Å². The molecule has 1 heterocycles. The highest BCUT2D eigenvalue weighted by atomic mass is 35.5. The zero-order valence-corrected chi connectivity index (χ0v) is 7.34. The SMILES string of the molecule is Cn1ccc2c(Cl)cc(O)cc21. The van der Waals surface area contributed by atoms with Crippen LogP contribution in [-0.2, 0) is 7.05 Å². The average molecular weight is 182 g/mol. The fraction of sp³-hybridized carbons (Fsp3) is 0.111. The smallest absolute Gasteiger partial charge is 0.119 e. The van der Waals surface area contributed by atoms with E-state index in [2.05, 4.69) is 0 Å². The van der Waals surface area contributed by atoms with Crippen LogP contribution in [0.25, 0.3) is 10.9 Å². The van der Waals surface area contributed by atoms with Crippen molar-refractivity contribution in [1.29, 1.82) is 0 Å². The van der Waals surface area contributed by atoms with E-state index in [1.807, 2.05) is 23.9 Å². The Morgan fingerprint density at radius 2 is 2.17 bits per heavy atom. The van der Waals surface area contributed by atoms with Gasteiger partial charge in [-0.1, -0.05) is 11.6 Å². The van der Waals surface area contributed by atoms with Gasteiger partial charge in [0.25, 0.3) is 0 Å². The first-order chi connectivity index (χ1) is 5.68. The van der Waals surface area contributed by atoms with Gasteiger partial charge in [-0.3, -0.25) is 0 Å². The number of halogens is 1. The van der Waals surface area contributed by atoms with Crippen LogP contribution in [0.5, 0.6) is 5.75 Å². The van der Waals surface area contributed by atoms with E-state index < -0.39 is 0 Å². The van der Waals surface area contributed by atoms with E-state index in [4.69, 9.17) is 11.6 Å². The molecule has 2 aromatic rings. The third-order valence-corrected chi connectivity index (χ3v) is 2.25. The minimum Gasteiger partial charge on any atom is -0.508 e. The zero-order valence-electron chi connectivity index (χ0n) is 6.58. The molecule has 2 nitrogen and oxygen atoms in total. The predicted molar refractivity (Wildman–Crippen MR) is 49.6 cm³/mol. The van der Waals surface area contributed by atoms with Gasteiger partial charge in [0.1, 0.15) is 5.75 Å². The van der Waals surface area contributed by atoms with Gasteiger partial charge >= 0.3 is 0 Å². The standard InChI is InChI=1S/C9H8ClNO/c1-11-3-2-7-8(10)4-6(12)5-9(7)11/h2-5,12H,1H3. The highest BCUT2D eigenvalue weighted by molar-refractivity contribution is 6.35. The first kappa shape index (κ1) is 7.50. The monoisotopic (exact) mass is 181 g/mol. The normalized spacial score (nSPS) is 10.8. The maximum absolute atomic E-state index is 9.26. The minimum absolute atomic E-state index is 0.203. The summed E-state index contributed by atoms with van der Waals surface area (Å²) in [6.07, 6.45) is 1.91. The van der Waals surface area contributed by atoms with Gasteiger partial charge in [0.05, 0.1) is 10.5 Å². The van der Waals surface area contributed by atoms with Crippen LogP contribution < -0.4 is 0 Å². The van der Waals surface area contributed by atoms with E-state index in [1.54, 1.807) is 12.1 Å². The second kappa shape index (κ2) is 2.42. The number of phenols is 1. The molecule has 0 unspecified atom stereocenters. The van der Waals surface area contributed by atoms with Crippen molar-refractivity contribution in [2.45, 2.75) is 0 Å². The van der Waals surface area contributed by atoms with Gasteiger partial charge < -0.3 is 9.67 Å². The molecule has 3 heteroatoms. The van der Waals surface area contributed by atoms with E-state index in [9.17, 15) is 5.11 Å². The number of hydrogen-bond donors (Lipinski definition) is 1. The van der Waals surface area contributed by atoms with Crippen LogP contribution in [0.3, 0.4) is 0 Å². The van der Waals surface area contributed by atoms with Crippen molar-refractivity contribution >= 4 is 22.5 Å². The molecule has 62 valence electrons. The lowest BCUT2D eigenvalue weighted by Crippen LogP contribution is -1.82. The number of benzene rings is 1. The fourth-order valence-electron chi connectivity index (χ4n) is 1.31. The Hall–Kier alpha value is -1.15. The van der Waals surface area contributed by atoms with Gasteiger partial charge in [-0.2, -0.15) is 0 Å². The summed E-state index contributed by atoms with van der Waals surface area (Å²) in [5, 5.41) is 10.8. The number of aromatic hydroxyl groups is 1. The molecular weight excluding hydrogens is 174 g/mol. The second-order valence-electron chi connectivity index (χ2n) is 2.79. The molecule has 0 saturated carbocycles. The summed E-state index contributed by atoms with van der Waals surface area (Å²) in [6.45, 7) is 0. The van der Waals surface area contributed by atoms with Crippen LogP contribution in [0, 0.1) is 0 Å². The van der Waals surface area contributed by atoms with Crippen LogP contribution in [0.15, 0.2) is 24.4 Å². The fourth-order valence-corrected chi connectivity index (χ4v) is 1.58. The third-order valence-electron chi connectivity index (χ3n) is 1.94. The Bertz CT molecular complexity index is 433. The van der Waals surface area contributed by atoms with Crippen molar-refractivity contribution in [3.8, 4) is 5.75 Å². The molecule has 12 heavy (non-hydrogen) atoms. The maximum atomic E-state index is 9.26. The largest absolute Gasteiger partial charge is 0.508 e. The first-order valence-electron chi connectivity index (χ1n) is 3.62. The van der Waals surface area contributed by atoms with Gasteiger partial charge in [-0.05, 0) is 12.1 Å². The first-order valence-corrected chi connectivity index (χ1v) is 4.00. The molecule has 1 aromatic heterocycles. The average Bonchev–Trinajstić information content (AvgIpc) is 2.33. The van der Waals surface area contributed by atoms with Gasteiger partial charge in [0.15, 0.2) is 0 Å². The molecule has 1 aromatic carbocycles. The van der Waals surface area contributed by atoms with Crippen molar-refractivity contribution in [2.24, 2.45) is 7.05 Å². The van der Waals surface area contributed by atoms with Gasteiger partial charge in [-0.25, -0.2) is 0 Å². The van der Waals surface area contributed by atoms with Crippen molar-refractivity contribution in [1.82, 2.24) is 4.57 Å². The molecule has 0 aliphatic heterocycles. The summed E-state index contributed by atoms with van der Waals surface area (Å²) in [7, 11) is 1.91. The van der Waals surface area contributed by atoms with Crippen LogP contribution in [0.4, 0.5) is 0 Å². The third kappa shape index (κ3) is 0.959. The number of phenolic OH excluding ortho intramolecular Hbond substituents is 1. The molecule has 1 N–H and O–H groups in total. The van der Waals surface area contributed by atoms with Gasteiger partial charge in [-0.15, -0.1) is 0 Å². The molecule has 0 bridgehead atoms. The molecule has 0 fully saturated rings. The van der Waals surface area contributed by atoms with Crippen molar-refractivity contribution in [2.75, 3.05) is 0 Å². The summed E-state index contributed by atoms with van der Waals surface area (Å²) in [4.78, 5) is 0. The van der Waals surface area contributed by atoms with Gasteiger partial charge in [0.2, 0.25) is 0 Å². The number of aryl methyl sites for hydroxylation is 1. The quantitative estimate of drug-likeness (QED) is 0.664. The van der Waals surface area contributed by atoms with Crippen LogP contribution in [0.1, 0.15) is 0 Å². The molecule has 0 atom stereocenters. The van der Waals surface area contributed by atoms with E-state index in [-0.39, 0.29) is 5.75 Å². The molecule has 0 aliphatic rings. The number of hydrogen-bond acceptors (Lipinski definition) is 1. The zero-order chi connectivity index (χ0) is 8.72. The van der Waals surface area contributed by atoms with E-state index >= 15 is 0 Å². The molecular formula is C9H8ClNO. The number of nitrogens with zero attached hydrogens (tertiary/aromatic N) is 1. The summed E-state index contributed by atoms with van der Waals surface area (Å²) >= 11 is 5.90. The Morgan fingerprint density at radius 1 is 1.42 bits per heavy atom. The second-order valence-corrected chi connectivity index (χ2v) is 3.19. The van der Waals surface area contributed by atoms with Crippen molar-refractivity contribution in [3.63, 3.8) is 0 Å². The summed E-state index contributed by atoms with van der Waals surface area (Å²) in [6, 6.07) is 5.17. The van der Waals surface area contributed by atoms with Crippen LogP contribution >= 0.6 is 11.6 Å². The lowest BCUT2D eigenvalue weighted by atomic mass is 10.2. The molecule has 2 rings (SSSR count). The number of aromatic nitrogens is 1. The molecule has 0 radical (unpaired) electrons. The Labute approximate surface area is 75.0 Å². The predicted octanol–water partition coefficient (Wildman–Crippen LogP) is 2.54. The maximum Gasteiger partial charge on any atom is 0.119 e. The Balaban J connectivity index is 2.92. The van der Waals surface area contributed by atoms with Gasteiger partial charge in [0, 0.05) is 24.7 Å². The Kier molecular flexibility index (Phi) is 1.51. The van der Waals surface area contributed by atoms with Crippen molar-refractivity contribution < 1.29 is 5.11 Å². The lowest BCUT2D eigenvalue weighted by Gasteiger charge is -1.98. The number of fused-ring (bicyclic) bond motifs is 1. The summed E-state index contributed by atoms with van der Waals surface area (Å²) in [5.74, 6) is 0.203. The lowest BCUT2D eigenvalue weighted by molar-refractivity contribution is 0.476. The highest BCUT2D eigenvalue weighted by Crippen LogP contribution is 2.28. The molecule has 0 amide bonds. The van der Waals surface area contributed by atoms with E-state index in [0.717, 1.165) is 10.9 Å². The van der Waals surface area contributed by atoms with E-state index in [0.29, 0.717) is 5.02 Å². The topological polar surface area (TPSA) is 25.2 Å². The molecule has 0 aliphatic carbocycles. The molecule has 0 spiro atoms.